The van der Waals surface area contributed by atoms with Crippen LogP contribution in [0.25, 0.3) is 11.0 Å². The van der Waals surface area contributed by atoms with Gasteiger partial charge in [-0.3, -0.25) is 4.99 Å². The number of nitrogens with one attached hydrogen (secondary N) is 2. The fourth-order valence-corrected chi connectivity index (χ4v) is 3.12. The number of aromatic amines is 1. The molecule has 0 amide bonds. The van der Waals surface area contributed by atoms with Crippen LogP contribution in [-0.2, 0) is 6.42 Å². The number of nitrogens with zero attached hydrogens (tertiary/aromatic N) is 2. The summed E-state index contributed by atoms with van der Waals surface area (Å²) in [5.74, 6) is 2.30. The van der Waals surface area contributed by atoms with Crippen LogP contribution in [0, 0.1) is 0 Å². The summed E-state index contributed by atoms with van der Waals surface area (Å²) in [6, 6.07) is 16.2. The number of hydrogen-bond acceptors (Lipinski definition) is 3. The standard InChI is InChI=1S/C19H21N5O/c20-19(24-14-10-12-25-17-8-4-1-5-13(14)17)21-11-9-18-22-15-6-2-3-7-16(15)23-18/h1-8,14H,9-12H2,(H,22,23)(H3,20,21,24). The second-order valence-corrected chi connectivity index (χ2v) is 6.09. The van der Waals surface area contributed by atoms with Gasteiger partial charge in [-0.05, 0) is 18.2 Å². The maximum atomic E-state index is 6.07. The number of aromatic nitrogens is 2. The van der Waals surface area contributed by atoms with Crippen molar-refractivity contribution in [2.24, 2.45) is 10.7 Å². The van der Waals surface area contributed by atoms with Gasteiger partial charge < -0.3 is 20.8 Å². The third-order valence-electron chi connectivity index (χ3n) is 4.35. The number of ether oxygens (including phenoxy) is 1. The molecule has 6 heteroatoms. The number of nitrogens with two attached hydrogens (primary N) is 1. The number of guanidine groups is 1. The minimum atomic E-state index is 0.139. The SMILES string of the molecule is NC(=NCCc1nc2ccccc2[nH]1)NC1CCOc2ccccc21. The summed E-state index contributed by atoms with van der Waals surface area (Å²) < 4.78 is 5.67. The van der Waals surface area contributed by atoms with Crippen LogP contribution in [0.4, 0.5) is 0 Å². The fourth-order valence-electron chi connectivity index (χ4n) is 3.12. The van der Waals surface area contributed by atoms with E-state index in [1.807, 2.05) is 42.5 Å². The van der Waals surface area contributed by atoms with Crippen molar-refractivity contribution >= 4 is 17.0 Å². The van der Waals surface area contributed by atoms with Crippen LogP contribution in [-0.4, -0.2) is 29.1 Å². The Bertz CT molecular complexity index is 868. The van der Waals surface area contributed by atoms with E-state index in [0.29, 0.717) is 19.1 Å². The molecule has 3 aromatic rings. The molecule has 0 aliphatic carbocycles. The first kappa shape index (κ1) is 15.5. The lowest BCUT2D eigenvalue weighted by Gasteiger charge is -2.26. The Labute approximate surface area is 146 Å². The van der Waals surface area contributed by atoms with Gasteiger partial charge in [0.25, 0.3) is 0 Å². The highest BCUT2D eigenvalue weighted by atomic mass is 16.5. The predicted molar refractivity (Wildman–Crippen MR) is 98.7 cm³/mol. The zero-order valence-electron chi connectivity index (χ0n) is 13.9. The molecule has 0 fully saturated rings. The molecule has 1 aliphatic heterocycles. The van der Waals surface area contributed by atoms with Crippen LogP contribution in [0.1, 0.15) is 23.9 Å². The lowest BCUT2D eigenvalue weighted by molar-refractivity contribution is 0.262. The summed E-state index contributed by atoms with van der Waals surface area (Å²) in [5.41, 5.74) is 9.22. The maximum absolute atomic E-state index is 6.07. The van der Waals surface area contributed by atoms with Crippen molar-refractivity contribution in [1.82, 2.24) is 15.3 Å². The normalized spacial score (nSPS) is 17.1. The van der Waals surface area contributed by atoms with E-state index in [2.05, 4.69) is 26.3 Å². The molecular weight excluding hydrogens is 314 g/mol. The molecule has 1 aromatic heterocycles. The highest BCUT2D eigenvalue weighted by Gasteiger charge is 2.21. The van der Waals surface area contributed by atoms with E-state index in [4.69, 9.17) is 10.5 Å². The van der Waals surface area contributed by atoms with Gasteiger partial charge in [-0.15, -0.1) is 0 Å². The van der Waals surface area contributed by atoms with Crippen molar-refractivity contribution in [2.45, 2.75) is 18.9 Å². The lowest BCUT2D eigenvalue weighted by Crippen LogP contribution is -2.37. The van der Waals surface area contributed by atoms with Gasteiger partial charge in [0.1, 0.15) is 11.6 Å². The number of imidazole rings is 1. The Hall–Kier alpha value is -3.02. The van der Waals surface area contributed by atoms with Crippen molar-refractivity contribution in [1.29, 1.82) is 0 Å². The number of benzene rings is 2. The highest BCUT2D eigenvalue weighted by Crippen LogP contribution is 2.31. The molecule has 1 aliphatic rings. The molecule has 6 nitrogen and oxygen atoms in total. The molecule has 4 rings (SSSR count). The topological polar surface area (TPSA) is 88.3 Å². The highest BCUT2D eigenvalue weighted by molar-refractivity contribution is 5.78. The molecule has 4 N–H and O–H groups in total. The molecule has 0 spiro atoms. The summed E-state index contributed by atoms with van der Waals surface area (Å²) in [5, 5.41) is 3.31. The summed E-state index contributed by atoms with van der Waals surface area (Å²) >= 11 is 0. The molecule has 0 radical (unpaired) electrons. The van der Waals surface area contributed by atoms with E-state index in [0.717, 1.165) is 41.0 Å². The van der Waals surface area contributed by atoms with Gasteiger partial charge in [0, 0.05) is 24.9 Å². The molecule has 2 heterocycles. The molecule has 0 saturated heterocycles. The Morgan fingerprint density at radius 2 is 2.08 bits per heavy atom. The largest absolute Gasteiger partial charge is 0.493 e. The Morgan fingerprint density at radius 1 is 1.24 bits per heavy atom. The first-order valence-corrected chi connectivity index (χ1v) is 8.51. The van der Waals surface area contributed by atoms with Gasteiger partial charge in [-0.1, -0.05) is 30.3 Å². The Balaban J connectivity index is 1.37. The van der Waals surface area contributed by atoms with Gasteiger partial charge >= 0.3 is 0 Å². The summed E-state index contributed by atoms with van der Waals surface area (Å²) in [6.45, 7) is 1.27. The van der Waals surface area contributed by atoms with E-state index < -0.39 is 0 Å². The molecule has 1 unspecified atom stereocenters. The van der Waals surface area contributed by atoms with Crippen LogP contribution in [0.15, 0.2) is 53.5 Å². The Morgan fingerprint density at radius 3 is 3.00 bits per heavy atom. The van der Waals surface area contributed by atoms with E-state index in [-0.39, 0.29) is 6.04 Å². The van der Waals surface area contributed by atoms with Crippen LogP contribution < -0.4 is 15.8 Å². The van der Waals surface area contributed by atoms with E-state index in [1.54, 1.807) is 0 Å². The Kier molecular flexibility index (Phi) is 4.24. The van der Waals surface area contributed by atoms with Crippen molar-refractivity contribution < 1.29 is 4.74 Å². The number of hydrogen-bond donors (Lipinski definition) is 3. The number of aliphatic imine (C=N–C) groups is 1. The van der Waals surface area contributed by atoms with Crippen LogP contribution in [0.3, 0.4) is 0 Å². The lowest BCUT2D eigenvalue weighted by atomic mass is 10.0. The maximum Gasteiger partial charge on any atom is 0.189 e. The number of rotatable bonds is 4. The van der Waals surface area contributed by atoms with Crippen LogP contribution in [0.2, 0.25) is 0 Å². The number of para-hydroxylation sites is 3. The number of fused-ring (bicyclic) bond motifs is 2. The summed E-state index contributed by atoms with van der Waals surface area (Å²) in [4.78, 5) is 12.3. The molecule has 1 atom stereocenters. The van der Waals surface area contributed by atoms with Gasteiger partial charge in [-0.2, -0.15) is 0 Å². The van der Waals surface area contributed by atoms with E-state index in [9.17, 15) is 0 Å². The van der Waals surface area contributed by atoms with E-state index >= 15 is 0 Å². The predicted octanol–water partition coefficient (Wildman–Crippen LogP) is 2.53. The first-order valence-electron chi connectivity index (χ1n) is 8.51. The fraction of sp³-hybridized carbons (Fsp3) is 0.263. The van der Waals surface area contributed by atoms with Crippen LogP contribution >= 0.6 is 0 Å². The number of H-pyrrole nitrogens is 1. The van der Waals surface area contributed by atoms with E-state index in [1.165, 1.54) is 0 Å². The second-order valence-electron chi connectivity index (χ2n) is 6.09. The zero-order chi connectivity index (χ0) is 17.1. The molecule has 0 saturated carbocycles. The molecule has 2 aromatic carbocycles. The minimum Gasteiger partial charge on any atom is -0.493 e. The minimum absolute atomic E-state index is 0.139. The quantitative estimate of drug-likeness (QED) is 0.505. The van der Waals surface area contributed by atoms with Gasteiger partial charge in [0.2, 0.25) is 0 Å². The molecule has 0 bridgehead atoms. The second kappa shape index (κ2) is 6.84. The van der Waals surface area contributed by atoms with Crippen molar-refractivity contribution in [3.05, 3.63) is 59.9 Å². The first-order chi connectivity index (χ1) is 12.3. The van der Waals surface area contributed by atoms with Gasteiger partial charge in [-0.25, -0.2) is 4.98 Å². The van der Waals surface area contributed by atoms with Gasteiger partial charge in [0.05, 0.1) is 23.7 Å². The third kappa shape index (κ3) is 3.42. The smallest absolute Gasteiger partial charge is 0.189 e. The molecule has 25 heavy (non-hydrogen) atoms. The van der Waals surface area contributed by atoms with Crippen molar-refractivity contribution in [3.8, 4) is 5.75 Å². The van der Waals surface area contributed by atoms with Gasteiger partial charge in [0.15, 0.2) is 5.96 Å². The summed E-state index contributed by atoms with van der Waals surface area (Å²) in [6.07, 6.45) is 1.60. The molecular formula is C19H21N5O. The van der Waals surface area contributed by atoms with Crippen molar-refractivity contribution in [2.75, 3.05) is 13.2 Å². The summed E-state index contributed by atoms with van der Waals surface area (Å²) in [7, 11) is 0. The molecule has 128 valence electrons. The monoisotopic (exact) mass is 335 g/mol. The third-order valence-corrected chi connectivity index (χ3v) is 4.35. The van der Waals surface area contributed by atoms with Crippen LogP contribution in [0.5, 0.6) is 5.75 Å². The van der Waals surface area contributed by atoms with Crippen molar-refractivity contribution in [3.63, 3.8) is 0 Å². The average molecular weight is 335 g/mol. The zero-order valence-corrected chi connectivity index (χ0v) is 13.9. The average Bonchev–Trinajstić information content (AvgIpc) is 3.05.